The number of thiophene rings is 1. The molecule has 1 N–H and O–H groups in total. The molecule has 3 rings (SSSR count). The molecule has 0 aliphatic heterocycles. The second kappa shape index (κ2) is 7.70. The molecule has 6 nitrogen and oxygen atoms in total. The number of fused-ring (bicyclic) bond motifs is 1. The van der Waals surface area contributed by atoms with Gasteiger partial charge in [-0.3, -0.25) is 9.59 Å². The third kappa shape index (κ3) is 3.94. The van der Waals surface area contributed by atoms with Crippen molar-refractivity contribution >= 4 is 27.5 Å². The van der Waals surface area contributed by atoms with Gasteiger partial charge in [-0.05, 0) is 43.5 Å². The van der Waals surface area contributed by atoms with Gasteiger partial charge < -0.3 is 14.5 Å². The molecule has 0 bridgehead atoms. The zero-order chi connectivity index (χ0) is 18.7. The summed E-state index contributed by atoms with van der Waals surface area (Å²) < 4.78 is 10.3. The molecule has 3 aromatic rings. The summed E-state index contributed by atoms with van der Waals surface area (Å²) in [5.41, 5.74) is 1.78. The zero-order valence-electron chi connectivity index (χ0n) is 14.9. The monoisotopic (exact) mass is 372 g/mol. The quantitative estimate of drug-likeness (QED) is 0.672. The van der Waals surface area contributed by atoms with Gasteiger partial charge in [-0.2, -0.15) is 0 Å². The maximum atomic E-state index is 12.2. The van der Waals surface area contributed by atoms with Crippen LogP contribution in [-0.2, 0) is 22.6 Å². The summed E-state index contributed by atoms with van der Waals surface area (Å²) in [6.45, 7) is 3.83. The van der Waals surface area contributed by atoms with E-state index in [-0.39, 0.29) is 24.6 Å². The van der Waals surface area contributed by atoms with Crippen LogP contribution in [-0.4, -0.2) is 23.0 Å². The molecule has 0 saturated heterocycles. The van der Waals surface area contributed by atoms with Crippen molar-refractivity contribution in [3.8, 4) is 5.75 Å². The largest absolute Gasteiger partial charge is 0.497 e. The standard InChI is InChI=1S/C19H20N2O4S/c1-11-12(2)26-19-17(11)18(23)20-15(21-19)10-25-16(22)9-6-13-4-7-14(24-3)8-5-13/h4-5,7-8H,6,9-10H2,1-3H3,(H,20,21,23). The van der Waals surface area contributed by atoms with Crippen LogP contribution in [0.1, 0.15) is 28.2 Å². The van der Waals surface area contributed by atoms with E-state index in [9.17, 15) is 9.59 Å². The first-order valence-electron chi connectivity index (χ1n) is 8.25. The zero-order valence-corrected chi connectivity index (χ0v) is 15.7. The van der Waals surface area contributed by atoms with Crippen LogP contribution in [0.5, 0.6) is 5.75 Å². The molecule has 0 aliphatic carbocycles. The van der Waals surface area contributed by atoms with Crippen molar-refractivity contribution in [2.45, 2.75) is 33.3 Å². The molecule has 0 unspecified atom stereocenters. The van der Waals surface area contributed by atoms with Crippen LogP contribution in [0, 0.1) is 13.8 Å². The number of ether oxygens (including phenoxy) is 2. The first-order chi connectivity index (χ1) is 12.5. The number of carbonyl (C=O) groups excluding carboxylic acids is 1. The van der Waals surface area contributed by atoms with Gasteiger partial charge >= 0.3 is 5.97 Å². The fourth-order valence-electron chi connectivity index (χ4n) is 2.63. The number of hydrogen-bond acceptors (Lipinski definition) is 6. The minimum atomic E-state index is -0.331. The number of nitrogens with one attached hydrogen (secondary N) is 1. The Morgan fingerprint density at radius 1 is 1.23 bits per heavy atom. The highest BCUT2D eigenvalue weighted by Crippen LogP contribution is 2.25. The van der Waals surface area contributed by atoms with Crippen molar-refractivity contribution in [3.63, 3.8) is 0 Å². The van der Waals surface area contributed by atoms with Crippen molar-refractivity contribution in [2.24, 2.45) is 0 Å². The molecule has 1 aromatic carbocycles. The van der Waals surface area contributed by atoms with Gasteiger partial charge in [-0.15, -0.1) is 11.3 Å². The van der Waals surface area contributed by atoms with Crippen LogP contribution in [0.15, 0.2) is 29.1 Å². The summed E-state index contributed by atoms with van der Waals surface area (Å²) in [4.78, 5) is 33.0. The fourth-order valence-corrected chi connectivity index (χ4v) is 3.68. The lowest BCUT2D eigenvalue weighted by molar-refractivity contribution is -0.145. The molecule has 0 amide bonds. The van der Waals surface area contributed by atoms with E-state index < -0.39 is 0 Å². The Labute approximate surface area is 154 Å². The van der Waals surface area contributed by atoms with Crippen molar-refractivity contribution in [1.82, 2.24) is 9.97 Å². The maximum Gasteiger partial charge on any atom is 0.306 e. The highest BCUT2D eigenvalue weighted by atomic mass is 32.1. The molecule has 0 fully saturated rings. The molecule has 0 radical (unpaired) electrons. The SMILES string of the molecule is COc1ccc(CCC(=O)OCc2nc3sc(C)c(C)c3c(=O)[nH]2)cc1. The Balaban J connectivity index is 1.58. The number of hydrogen-bond donors (Lipinski definition) is 1. The second-order valence-corrected chi connectivity index (χ2v) is 7.19. The topological polar surface area (TPSA) is 81.3 Å². The Morgan fingerprint density at radius 3 is 2.65 bits per heavy atom. The van der Waals surface area contributed by atoms with Gasteiger partial charge in [0.2, 0.25) is 0 Å². The number of carbonyl (C=O) groups is 1. The third-order valence-corrected chi connectivity index (χ3v) is 5.34. The minimum absolute atomic E-state index is 0.0391. The summed E-state index contributed by atoms with van der Waals surface area (Å²) >= 11 is 1.47. The molecular weight excluding hydrogens is 352 g/mol. The minimum Gasteiger partial charge on any atom is -0.497 e. The van der Waals surface area contributed by atoms with Crippen LogP contribution < -0.4 is 10.3 Å². The predicted molar refractivity (Wildman–Crippen MR) is 101 cm³/mol. The van der Waals surface area contributed by atoms with Gasteiger partial charge in [0.15, 0.2) is 0 Å². The van der Waals surface area contributed by atoms with Crippen LogP contribution in [0.3, 0.4) is 0 Å². The number of nitrogens with zero attached hydrogens (tertiary/aromatic N) is 1. The summed E-state index contributed by atoms with van der Waals surface area (Å²) in [5.74, 6) is 0.810. The predicted octanol–water partition coefficient (Wildman–Crippen LogP) is 3.29. The summed E-state index contributed by atoms with van der Waals surface area (Å²) in [6, 6.07) is 7.55. The number of esters is 1. The molecule has 0 atom stereocenters. The maximum absolute atomic E-state index is 12.2. The third-order valence-electron chi connectivity index (χ3n) is 4.23. The smallest absolute Gasteiger partial charge is 0.306 e. The van der Waals surface area contributed by atoms with Crippen LogP contribution in [0.4, 0.5) is 0 Å². The number of aryl methyl sites for hydroxylation is 3. The van der Waals surface area contributed by atoms with E-state index in [1.165, 1.54) is 11.3 Å². The van der Waals surface area contributed by atoms with Gasteiger partial charge in [0, 0.05) is 11.3 Å². The number of methoxy groups -OCH3 is 1. The number of aromatic nitrogens is 2. The summed E-state index contributed by atoms with van der Waals surface area (Å²) in [7, 11) is 1.61. The molecule has 26 heavy (non-hydrogen) atoms. The van der Waals surface area contributed by atoms with E-state index in [0.29, 0.717) is 22.5 Å². The van der Waals surface area contributed by atoms with Gasteiger partial charge in [-0.1, -0.05) is 12.1 Å². The van der Waals surface area contributed by atoms with Crippen molar-refractivity contribution in [1.29, 1.82) is 0 Å². The lowest BCUT2D eigenvalue weighted by atomic mass is 10.1. The average Bonchev–Trinajstić information content (AvgIpc) is 2.93. The molecule has 2 heterocycles. The molecule has 2 aromatic heterocycles. The van der Waals surface area contributed by atoms with Crippen molar-refractivity contribution < 1.29 is 14.3 Å². The Hall–Kier alpha value is -2.67. The second-order valence-electron chi connectivity index (χ2n) is 5.98. The Bertz CT molecular complexity index is 989. The van der Waals surface area contributed by atoms with E-state index in [0.717, 1.165) is 21.8 Å². The first-order valence-corrected chi connectivity index (χ1v) is 9.07. The number of benzene rings is 1. The number of aromatic amines is 1. The highest BCUT2D eigenvalue weighted by molar-refractivity contribution is 7.18. The first kappa shape index (κ1) is 18.1. The Morgan fingerprint density at radius 2 is 1.96 bits per heavy atom. The summed E-state index contributed by atoms with van der Waals surface area (Å²) in [5, 5.41) is 0.613. The van der Waals surface area contributed by atoms with Crippen molar-refractivity contribution in [2.75, 3.05) is 7.11 Å². The average molecular weight is 372 g/mol. The molecule has 7 heteroatoms. The highest BCUT2D eigenvalue weighted by Gasteiger charge is 2.13. The molecule has 0 aliphatic rings. The van der Waals surface area contributed by atoms with E-state index in [4.69, 9.17) is 9.47 Å². The van der Waals surface area contributed by atoms with Crippen LogP contribution >= 0.6 is 11.3 Å². The molecule has 136 valence electrons. The number of rotatable bonds is 6. The van der Waals surface area contributed by atoms with E-state index in [1.807, 2.05) is 38.1 Å². The van der Waals surface area contributed by atoms with Crippen LogP contribution in [0.2, 0.25) is 0 Å². The van der Waals surface area contributed by atoms with Crippen LogP contribution in [0.25, 0.3) is 10.2 Å². The molecular formula is C19H20N2O4S. The normalized spacial score (nSPS) is 10.9. The van der Waals surface area contributed by atoms with Gasteiger partial charge in [0.1, 0.15) is 23.0 Å². The number of H-pyrrole nitrogens is 1. The fraction of sp³-hybridized carbons (Fsp3) is 0.316. The van der Waals surface area contributed by atoms with Crippen molar-refractivity contribution in [3.05, 3.63) is 56.4 Å². The van der Waals surface area contributed by atoms with E-state index in [1.54, 1.807) is 7.11 Å². The van der Waals surface area contributed by atoms with E-state index >= 15 is 0 Å². The lowest BCUT2D eigenvalue weighted by Crippen LogP contribution is -2.14. The molecule has 0 saturated carbocycles. The van der Waals surface area contributed by atoms with Gasteiger partial charge in [-0.25, -0.2) is 4.98 Å². The van der Waals surface area contributed by atoms with E-state index in [2.05, 4.69) is 9.97 Å². The lowest BCUT2D eigenvalue weighted by Gasteiger charge is -2.05. The summed E-state index contributed by atoms with van der Waals surface area (Å²) in [6.07, 6.45) is 0.838. The molecule has 0 spiro atoms. The van der Waals surface area contributed by atoms with Gasteiger partial charge in [0.05, 0.1) is 12.5 Å². The van der Waals surface area contributed by atoms with Gasteiger partial charge in [0.25, 0.3) is 5.56 Å². The Kier molecular flexibility index (Phi) is 5.37.